The average Bonchev–Trinajstić information content (AvgIpc) is 2.92. The minimum absolute atomic E-state index is 0.0670. The van der Waals surface area contributed by atoms with E-state index in [2.05, 4.69) is 15.2 Å². The molecule has 4 nitrogen and oxygen atoms in total. The third kappa shape index (κ3) is 2.08. The van der Waals surface area contributed by atoms with Crippen LogP contribution in [0.4, 0.5) is 8.78 Å². The van der Waals surface area contributed by atoms with Gasteiger partial charge in [-0.15, -0.1) is 10.2 Å². The van der Waals surface area contributed by atoms with Crippen molar-refractivity contribution in [1.82, 2.24) is 15.2 Å². The number of halogens is 2. The molecule has 0 N–H and O–H groups in total. The maximum absolute atomic E-state index is 13.6. The molecule has 0 aliphatic carbocycles. The maximum Gasteiger partial charge on any atom is 0.251 e. The molecule has 0 aliphatic rings. The van der Waals surface area contributed by atoms with E-state index in [0.29, 0.717) is 5.56 Å². The van der Waals surface area contributed by atoms with E-state index in [9.17, 15) is 8.78 Å². The molecule has 0 spiro atoms. The molecule has 0 saturated carbocycles. The highest BCUT2D eigenvalue weighted by Crippen LogP contribution is 2.26. The zero-order chi connectivity index (χ0) is 13.2. The van der Waals surface area contributed by atoms with E-state index in [1.807, 2.05) is 0 Å². The van der Waals surface area contributed by atoms with Crippen molar-refractivity contribution < 1.29 is 13.2 Å². The van der Waals surface area contributed by atoms with E-state index < -0.39 is 11.6 Å². The van der Waals surface area contributed by atoms with Crippen LogP contribution in [0.3, 0.4) is 0 Å². The van der Waals surface area contributed by atoms with Crippen LogP contribution in [0, 0.1) is 11.6 Å². The predicted molar refractivity (Wildman–Crippen MR) is 62.9 cm³/mol. The van der Waals surface area contributed by atoms with Crippen LogP contribution in [0.5, 0.6) is 0 Å². The van der Waals surface area contributed by atoms with Crippen LogP contribution in [-0.4, -0.2) is 15.2 Å². The normalized spacial score (nSPS) is 10.6. The van der Waals surface area contributed by atoms with Crippen molar-refractivity contribution >= 4 is 0 Å². The summed E-state index contributed by atoms with van der Waals surface area (Å²) in [7, 11) is 0. The monoisotopic (exact) mass is 259 g/mol. The highest BCUT2D eigenvalue weighted by atomic mass is 19.2. The Hall–Kier alpha value is -2.63. The summed E-state index contributed by atoms with van der Waals surface area (Å²) in [5, 5.41) is 7.50. The van der Waals surface area contributed by atoms with Crippen molar-refractivity contribution in [3.8, 4) is 22.9 Å². The number of nitrogens with zero attached hydrogens (tertiary/aromatic N) is 3. The number of hydrogen-bond acceptors (Lipinski definition) is 4. The second kappa shape index (κ2) is 4.56. The lowest BCUT2D eigenvalue weighted by Gasteiger charge is -1.97. The molecule has 0 aliphatic heterocycles. The second-order valence-corrected chi connectivity index (χ2v) is 3.76. The number of rotatable bonds is 2. The summed E-state index contributed by atoms with van der Waals surface area (Å²) >= 11 is 0. The van der Waals surface area contributed by atoms with Gasteiger partial charge in [0.2, 0.25) is 5.89 Å². The van der Waals surface area contributed by atoms with Crippen LogP contribution in [0.15, 0.2) is 47.1 Å². The van der Waals surface area contributed by atoms with Gasteiger partial charge in [0, 0.05) is 12.4 Å². The van der Waals surface area contributed by atoms with Crippen LogP contribution in [0.25, 0.3) is 22.9 Å². The van der Waals surface area contributed by atoms with Crippen molar-refractivity contribution in [2.75, 3.05) is 0 Å². The minimum Gasteiger partial charge on any atom is -0.416 e. The summed E-state index contributed by atoms with van der Waals surface area (Å²) in [6, 6.07) is 7.21. The quantitative estimate of drug-likeness (QED) is 0.709. The molecule has 94 valence electrons. The third-order valence-electron chi connectivity index (χ3n) is 2.52. The first-order valence-corrected chi connectivity index (χ1v) is 5.44. The van der Waals surface area contributed by atoms with E-state index in [4.69, 9.17) is 4.42 Å². The van der Waals surface area contributed by atoms with Crippen LogP contribution in [-0.2, 0) is 0 Å². The average molecular weight is 259 g/mol. The van der Waals surface area contributed by atoms with Crippen LogP contribution in [0.1, 0.15) is 0 Å². The number of pyridine rings is 1. The van der Waals surface area contributed by atoms with Crippen molar-refractivity contribution in [1.29, 1.82) is 0 Å². The third-order valence-corrected chi connectivity index (χ3v) is 2.52. The van der Waals surface area contributed by atoms with Gasteiger partial charge in [-0.3, -0.25) is 4.98 Å². The molecule has 19 heavy (non-hydrogen) atoms. The predicted octanol–water partition coefficient (Wildman–Crippen LogP) is 3.08. The minimum atomic E-state index is -1.01. The fraction of sp³-hybridized carbons (Fsp3) is 0. The van der Waals surface area contributed by atoms with Gasteiger partial charge in [0.25, 0.3) is 5.89 Å². The van der Waals surface area contributed by atoms with Crippen molar-refractivity contribution in [2.45, 2.75) is 0 Å². The zero-order valence-corrected chi connectivity index (χ0v) is 9.55. The van der Waals surface area contributed by atoms with E-state index in [-0.39, 0.29) is 17.3 Å². The fourth-order valence-corrected chi connectivity index (χ4v) is 1.61. The Morgan fingerprint density at radius 2 is 1.79 bits per heavy atom. The number of aromatic nitrogens is 3. The van der Waals surface area contributed by atoms with Gasteiger partial charge in [0.05, 0.1) is 11.1 Å². The van der Waals surface area contributed by atoms with Gasteiger partial charge in [-0.05, 0) is 24.3 Å². The van der Waals surface area contributed by atoms with Crippen molar-refractivity contribution in [2.24, 2.45) is 0 Å². The summed E-state index contributed by atoms with van der Waals surface area (Å²) < 4.78 is 32.0. The van der Waals surface area contributed by atoms with Gasteiger partial charge in [-0.25, -0.2) is 8.78 Å². The molecule has 1 aromatic carbocycles. The van der Waals surface area contributed by atoms with Gasteiger partial charge in [-0.1, -0.05) is 6.07 Å². The molecule has 0 atom stereocenters. The first-order chi connectivity index (χ1) is 9.25. The summed E-state index contributed by atoms with van der Waals surface area (Å²) in [4.78, 5) is 3.91. The summed E-state index contributed by atoms with van der Waals surface area (Å²) in [5.41, 5.74) is 0.542. The lowest BCUT2D eigenvalue weighted by Crippen LogP contribution is -1.88. The molecule has 0 unspecified atom stereocenters. The first kappa shape index (κ1) is 11.5. The molecule has 0 radical (unpaired) electrons. The van der Waals surface area contributed by atoms with E-state index in [1.54, 1.807) is 24.5 Å². The van der Waals surface area contributed by atoms with Crippen LogP contribution >= 0.6 is 0 Å². The van der Waals surface area contributed by atoms with E-state index >= 15 is 0 Å². The lowest BCUT2D eigenvalue weighted by atomic mass is 10.2. The highest BCUT2D eigenvalue weighted by molar-refractivity contribution is 5.57. The Balaban J connectivity index is 2.05. The number of hydrogen-bond donors (Lipinski definition) is 0. The number of benzene rings is 1. The molecule has 3 aromatic rings. The van der Waals surface area contributed by atoms with Gasteiger partial charge >= 0.3 is 0 Å². The molecule has 2 heterocycles. The molecular weight excluding hydrogens is 252 g/mol. The first-order valence-electron chi connectivity index (χ1n) is 5.44. The SMILES string of the molecule is Fc1cccc(-c2nnc(-c3cccnc3)o2)c1F. The Bertz CT molecular complexity index is 713. The summed E-state index contributed by atoms with van der Waals surface area (Å²) in [6.45, 7) is 0. The van der Waals surface area contributed by atoms with Crippen LogP contribution < -0.4 is 0 Å². The van der Waals surface area contributed by atoms with Gasteiger partial charge in [0.15, 0.2) is 11.6 Å². The smallest absolute Gasteiger partial charge is 0.251 e. The molecule has 0 fully saturated rings. The van der Waals surface area contributed by atoms with Crippen LogP contribution in [0.2, 0.25) is 0 Å². The van der Waals surface area contributed by atoms with Gasteiger partial charge < -0.3 is 4.42 Å². The summed E-state index contributed by atoms with van der Waals surface area (Å²) in [6.07, 6.45) is 3.15. The lowest BCUT2D eigenvalue weighted by molar-refractivity contribution is 0.503. The molecule has 0 amide bonds. The Morgan fingerprint density at radius 3 is 2.58 bits per heavy atom. The Labute approximate surface area is 106 Å². The Kier molecular flexibility index (Phi) is 2.75. The largest absolute Gasteiger partial charge is 0.416 e. The molecule has 2 aromatic heterocycles. The topological polar surface area (TPSA) is 51.8 Å². The van der Waals surface area contributed by atoms with E-state index in [0.717, 1.165) is 6.07 Å². The van der Waals surface area contributed by atoms with Crippen molar-refractivity contribution in [3.05, 3.63) is 54.4 Å². The fourth-order valence-electron chi connectivity index (χ4n) is 1.61. The second-order valence-electron chi connectivity index (χ2n) is 3.76. The molecule has 3 rings (SSSR count). The van der Waals surface area contributed by atoms with E-state index in [1.165, 1.54) is 12.1 Å². The molecule has 0 bridgehead atoms. The molecular formula is C13H7F2N3O. The van der Waals surface area contributed by atoms with Gasteiger partial charge in [-0.2, -0.15) is 0 Å². The summed E-state index contributed by atoms with van der Waals surface area (Å²) in [5.74, 6) is -1.84. The Morgan fingerprint density at radius 1 is 0.947 bits per heavy atom. The maximum atomic E-state index is 13.6. The molecule has 0 saturated heterocycles. The zero-order valence-electron chi connectivity index (χ0n) is 9.55. The van der Waals surface area contributed by atoms with Gasteiger partial charge in [0.1, 0.15) is 0 Å². The standard InChI is InChI=1S/C13H7F2N3O/c14-10-5-1-4-9(11(10)15)13-18-17-12(19-13)8-3-2-6-16-7-8/h1-7H. The molecule has 6 heteroatoms. The highest BCUT2D eigenvalue weighted by Gasteiger charge is 2.16. The van der Waals surface area contributed by atoms with Crippen molar-refractivity contribution in [3.63, 3.8) is 0 Å².